The van der Waals surface area contributed by atoms with E-state index in [9.17, 15) is 0 Å². The van der Waals surface area contributed by atoms with Gasteiger partial charge < -0.3 is 4.98 Å². The fourth-order valence-electron chi connectivity index (χ4n) is 2.83. The first-order chi connectivity index (χ1) is 11.7. The van der Waals surface area contributed by atoms with Crippen molar-refractivity contribution < 1.29 is 0 Å². The molecule has 0 fully saturated rings. The van der Waals surface area contributed by atoms with Gasteiger partial charge in [0.25, 0.3) is 0 Å². The Hall–Kier alpha value is -2.89. The highest BCUT2D eigenvalue weighted by Gasteiger charge is 2.17. The molecule has 4 aromatic rings. The third-order valence-electron chi connectivity index (χ3n) is 4.41. The molecule has 0 bridgehead atoms. The fourth-order valence-corrected chi connectivity index (χ4v) is 2.83. The van der Waals surface area contributed by atoms with Crippen LogP contribution in [-0.4, -0.2) is 29.5 Å². The summed E-state index contributed by atoms with van der Waals surface area (Å²) in [7, 11) is 0. The van der Waals surface area contributed by atoms with Crippen molar-refractivity contribution in [1.82, 2.24) is 29.5 Å². The van der Waals surface area contributed by atoms with Gasteiger partial charge in [0, 0.05) is 6.20 Å². The van der Waals surface area contributed by atoms with Crippen molar-refractivity contribution in [1.29, 1.82) is 0 Å². The number of hydrogen-bond acceptors (Lipinski definition) is 3. The molecule has 1 N–H and O–H groups in total. The molecule has 0 aliphatic carbocycles. The summed E-state index contributed by atoms with van der Waals surface area (Å²) in [5, 5.41) is 9.06. The Labute approximate surface area is 140 Å². The summed E-state index contributed by atoms with van der Waals surface area (Å²) in [6.07, 6.45) is 4.84. The summed E-state index contributed by atoms with van der Waals surface area (Å²) in [6, 6.07) is 10.4. The predicted octanol–water partition coefficient (Wildman–Crippen LogP) is 3.89. The Balaban J connectivity index is 1.76. The molecule has 0 aliphatic heterocycles. The number of aromatic amines is 1. The molecule has 6 nitrogen and oxygen atoms in total. The third-order valence-corrected chi connectivity index (χ3v) is 4.41. The van der Waals surface area contributed by atoms with E-state index in [2.05, 4.69) is 29.0 Å². The monoisotopic (exact) mass is 320 g/mol. The van der Waals surface area contributed by atoms with E-state index < -0.39 is 0 Å². The van der Waals surface area contributed by atoms with Crippen molar-refractivity contribution in [2.24, 2.45) is 0 Å². The normalized spacial score (nSPS) is 12.8. The Morgan fingerprint density at radius 3 is 2.75 bits per heavy atom. The quantitative estimate of drug-likeness (QED) is 0.620. The average molecular weight is 320 g/mol. The van der Waals surface area contributed by atoms with Gasteiger partial charge in [0.15, 0.2) is 5.65 Å². The first-order valence-electron chi connectivity index (χ1n) is 8.22. The smallest absolute Gasteiger partial charge is 0.177 e. The van der Waals surface area contributed by atoms with E-state index in [-0.39, 0.29) is 0 Å². The maximum Gasteiger partial charge on any atom is 0.177 e. The molecule has 4 rings (SSSR count). The summed E-state index contributed by atoms with van der Waals surface area (Å²) in [5.41, 5.74) is 4.87. The number of hydrogen-bond donors (Lipinski definition) is 1. The standard InChI is InChI=1S/C18H20N6/c1-4-12(2)24-18-16(13(3)22-24)20-17(21-18)14-10-19-23(11-14)15-8-6-5-7-9-15/h5-12H,4H2,1-3H3,(H,20,21)/t12-/m1/s1. The van der Waals surface area contributed by atoms with Crippen molar-refractivity contribution in [2.75, 3.05) is 0 Å². The van der Waals surface area contributed by atoms with Gasteiger partial charge in [0.05, 0.1) is 29.2 Å². The van der Waals surface area contributed by atoms with Gasteiger partial charge in [-0.25, -0.2) is 14.3 Å². The van der Waals surface area contributed by atoms with Crippen LogP contribution in [0.1, 0.15) is 32.0 Å². The number of nitrogens with zero attached hydrogens (tertiary/aromatic N) is 5. The highest BCUT2D eigenvalue weighted by atomic mass is 15.3. The second kappa shape index (κ2) is 5.63. The second-order valence-corrected chi connectivity index (χ2v) is 6.08. The minimum Gasteiger partial charge on any atom is -0.335 e. The molecule has 3 aromatic heterocycles. The van der Waals surface area contributed by atoms with Crippen LogP contribution in [-0.2, 0) is 0 Å². The van der Waals surface area contributed by atoms with Crippen LogP contribution in [0.3, 0.4) is 0 Å². The van der Waals surface area contributed by atoms with Crippen LogP contribution in [0.5, 0.6) is 0 Å². The van der Waals surface area contributed by atoms with Gasteiger partial charge in [-0.3, -0.25) is 0 Å². The molecule has 0 saturated carbocycles. The van der Waals surface area contributed by atoms with Gasteiger partial charge in [-0.05, 0) is 32.4 Å². The number of aromatic nitrogens is 6. The van der Waals surface area contributed by atoms with Crippen molar-refractivity contribution in [2.45, 2.75) is 33.2 Å². The minimum atomic E-state index is 0.324. The lowest BCUT2D eigenvalue weighted by molar-refractivity contribution is 0.487. The Morgan fingerprint density at radius 2 is 2.00 bits per heavy atom. The number of rotatable bonds is 4. The predicted molar refractivity (Wildman–Crippen MR) is 94.2 cm³/mol. The van der Waals surface area contributed by atoms with Crippen LogP contribution in [0.4, 0.5) is 0 Å². The number of para-hydroxylation sites is 1. The number of benzene rings is 1. The molecule has 6 heteroatoms. The van der Waals surface area contributed by atoms with E-state index >= 15 is 0 Å². The van der Waals surface area contributed by atoms with Crippen LogP contribution >= 0.6 is 0 Å². The van der Waals surface area contributed by atoms with Gasteiger partial charge in [0.1, 0.15) is 11.3 Å². The maximum atomic E-state index is 4.77. The number of imidazole rings is 1. The summed E-state index contributed by atoms with van der Waals surface area (Å²) in [4.78, 5) is 8.17. The first-order valence-corrected chi connectivity index (χ1v) is 8.22. The highest BCUT2D eigenvalue weighted by molar-refractivity contribution is 5.78. The van der Waals surface area contributed by atoms with Crippen LogP contribution in [0.2, 0.25) is 0 Å². The van der Waals surface area contributed by atoms with E-state index in [4.69, 9.17) is 4.98 Å². The second-order valence-electron chi connectivity index (χ2n) is 6.08. The molecule has 1 aromatic carbocycles. The Kier molecular flexibility index (Phi) is 3.45. The molecular weight excluding hydrogens is 300 g/mol. The number of nitrogens with one attached hydrogen (secondary N) is 1. The van der Waals surface area contributed by atoms with Crippen LogP contribution in [0.25, 0.3) is 28.2 Å². The molecule has 24 heavy (non-hydrogen) atoms. The molecule has 0 aliphatic rings. The summed E-state index contributed by atoms with van der Waals surface area (Å²) in [5.74, 6) is 0.824. The van der Waals surface area contributed by atoms with Crippen molar-refractivity contribution in [3.05, 3.63) is 48.4 Å². The van der Waals surface area contributed by atoms with Gasteiger partial charge >= 0.3 is 0 Å². The van der Waals surface area contributed by atoms with E-state index in [1.807, 2.05) is 59.0 Å². The molecular formula is C18H20N6. The van der Waals surface area contributed by atoms with Crippen LogP contribution in [0.15, 0.2) is 42.7 Å². The van der Waals surface area contributed by atoms with E-state index in [1.54, 1.807) is 0 Å². The third kappa shape index (κ3) is 2.31. The molecule has 0 amide bonds. The largest absolute Gasteiger partial charge is 0.335 e. The first kappa shape index (κ1) is 14.7. The van der Waals surface area contributed by atoms with Gasteiger partial charge in [-0.15, -0.1) is 0 Å². The number of H-pyrrole nitrogens is 1. The topological polar surface area (TPSA) is 64.3 Å². The van der Waals surface area contributed by atoms with Gasteiger partial charge in [0.2, 0.25) is 0 Å². The highest BCUT2D eigenvalue weighted by Crippen LogP contribution is 2.25. The Bertz CT molecular complexity index is 976. The van der Waals surface area contributed by atoms with Gasteiger partial charge in [-0.2, -0.15) is 10.2 Å². The zero-order valence-corrected chi connectivity index (χ0v) is 14.1. The lowest BCUT2D eigenvalue weighted by atomic mass is 10.3. The average Bonchev–Trinajstić information content (AvgIpc) is 3.31. The zero-order valence-electron chi connectivity index (χ0n) is 14.1. The summed E-state index contributed by atoms with van der Waals surface area (Å²) < 4.78 is 3.86. The molecule has 0 unspecified atom stereocenters. The van der Waals surface area contributed by atoms with E-state index in [0.29, 0.717) is 6.04 Å². The molecule has 1 atom stereocenters. The molecule has 0 saturated heterocycles. The van der Waals surface area contributed by atoms with Crippen molar-refractivity contribution in [3.8, 4) is 17.1 Å². The van der Waals surface area contributed by atoms with Gasteiger partial charge in [-0.1, -0.05) is 25.1 Å². The minimum absolute atomic E-state index is 0.324. The molecule has 3 heterocycles. The van der Waals surface area contributed by atoms with Crippen LogP contribution < -0.4 is 0 Å². The SMILES string of the molecule is CC[C@@H](C)n1nc(C)c2[nH]c(-c3cnn(-c4ccccc4)c3)nc21. The van der Waals surface area contributed by atoms with Crippen LogP contribution in [0, 0.1) is 6.92 Å². The summed E-state index contributed by atoms with van der Waals surface area (Å²) >= 11 is 0. The molecule has 122 valence electrons. The van der Waals surface area contributed by atoms with Crippen molar-refractivity contribution >= 4 is 11.2 Å². The summed E-state index contributed by atoms with van der Waals surface area (Å²) in [6.45, 7) is 6.33. The maximum absolute atomic E-state index is 4.77. The molecule has 0 spiro atoms. The van der Waals surface area contributed by atoms with Crippen molar-refractivity contribution in [3.63, 3.8) is 0 Å². The zero-order chi connectivity index (χ0) is 16.7. The molecule has 0 radical (unpaired) electrons. The van der Waals surface area contributed by atoms with E-state index in [1.165, 1.54) is 0 Å². The fraction of sp³-hybridized carbons (Fsp3) is 0.278. The lowest BCUT2D eigenvalue weighted by Gasteiger charge is -2.08. The Morgan fingerprint density at radius 1 is 1.21 bits per heavy atom. The number of fused-ring (bicyclic) bond motifs is 1. The van der Waals surface area contributed by atoms with E-state index in [0.717, 1.165) is 40.4 Å². The lowest BCUT2D eigenvalue weighted by Crippen LogP contribution is -2.06. The number of aryl methyl sites for hydroxylation is 1.